The summed E-state index contributed by atoms with van der Waals surface area (Å²) in [5, 5.41) is 24.3. The van der Waals surface area contributed by atoms with E-state index in [-0.39, 0.29) is 18.5 Å². The molecule has 0 aliphatic heterocycles. The maximum absolute atomic E-state index is 11.0. The first-order valence-electron chi connectivity index (χ1n) is 12.6. The molecule has 0 fully saturated rings. The number of hydrogen-bond donors (Lipinski definition) is 3. The molecular weight excluding hydrogens is 428 g/mol. The molecule has 198 valence electrons. The summed E-state index contributed by atoms with van der Waals surface area (Å²) in [5.41, 5.74) is 0. The number of carbonyl (C=O) groups is 3. The number of carbonyl (C=O) groups excluding carboxylic acids is 2. The highest BCUT2D eigenvalue weighted by Crippen LogP contribution is 2.09. The number of carboxylic acid groups (broad SMARTS) is 1. The predicted octanol–water partition coefficient (Wildman–Crippen LogP) is 5.02. The van der Waals surface area contributed by atoms with E-state index in [4.69, 9.17) is 24.8 Å². The summed E-state index contributed by atoms with van der Waals surface area (Å²) in [4.78, 5) is 32.1. The molecular formula is C25H50O8. The number of rotatable bonds is 18. The number of aliphatic hydroxyl groups is 2. The molecule has 8 nitrogen and oxygen atoms in total. The average Bonchev–Trinajstić information content (AvgIpc) is 2.76. The Morgan fingerprint density at radius 3 is 1.30 bits per heavy atom. The van der Waals surface area contributed by atoms with E-state index in [1.165, 1.54) is 26.2 Å². The van der Waals surface area contributed by atoms with Gasteiger partial charge in [0.05, 0.1) is 25.9 Å². The molecule has 0 saturated carbocycles. The highest BCUT2D eigenvalue weighted by Gasteiger charge is 2.02. The van der Waals surface area contributed by atoms with Gasteiger partial charge in [0, 0.05) is 19.3 Å². The highest BCUT2D eigenvalue weighted by atomic mass is 16.5. The minimum absolute atomic E-state index is 0.0974. The van der Waals surface area contributed by atoms with E-state index < -0.39 is 12.1 Å². The lowest BCUT2D eigenvalue weighted by Gasteiger charge is -2.03. The van der Waals surface area contributed by atoms with Gasteiger partial charge in [0.2, 0.25) is 0 Å². The van der Waals surface area contributed by atoms with Crippen molar-refractivity contribution in [1.29, 1.82) is 0 Å². The van der Waals surface area contributed by atoms with Gasteiger partial charge in [-0.05, 0) is 40.0 Å². The van der Waals surface area contributed by atoms with Gasteiger partial charge in [0.1, 0.15) is 0 Å². The molecule has 1 unspecified atom stereocenters. The smallest absolute Gasteiger partial charge is 0.305 e. The lowest BCUT2D eigenvalue weighted by molar-refractivity contribution is -0.144. The van der Waals surface area contributed by atoms with Crippen LogP contribution in [0.3, 0.4) is 0 Å². The minimum atomic E-state index is -0.670. The van der Waals surface area contributed by atoms with Crippen LogP contribution in [0.25, 0.3) is 0 Å². The number of aliphatic carboxylic acids is 1. The van der Waals surface area contributed by atoms with E-state index in [0.29, 0.717) is 32.5 Å². The first kappa shape index (κ1) is 35.9. The topological polar surface area (TPSA) is 130 Å². The third-order valence-corrected chi connectivity index (χ3v) is 4.38. The van der Waals surface area contributed by atoms with Gasteiger partial charge in [0.15, 0.2) is 0 Å². The van der Waals surface area contributed by atoms with Crippen molar-refractivity contribution >= 4 is 17.9 Å². The van der Waals surface area contributed by atoms with Crippen molar-refractivity contribution < 1.29 is 39.2 Å². The van der Waals surface area contributed by atoms with E-state index in [1.54, 1.807) is 0 Å². The Labute approximate surface area is 201 Å². The van der Waals surface area contributed by atoms with Crippen molar-refractivity contribution in [2.24, 2.45) is 0 Å². The minimum Gasteiger partial charge on any atom is -0.481 e. The molecule has 0 aromatic carbocycles. The molecule has 0 spiro atoms. The molecule has 3 N–H and O–H groups in total. The summed E-state index contributed by atoms with van der Waals surface area (Å²) in [5.74, 6) is -0.865. The molecule has 0 radical (unpaired) electrons. The summed E-state index contributed by atoms with van der Waals surface area (Å²) in [6.07, 6.45) is 12.5. The number of unbranched alkanes of at least 4 members (excludes halogenated alkanes) is 9. The largest absolute Gasteiger partial charge is 0.481 e. The third kappa shape index (κ3) is 41.1. The van der Waals surface area contributed by atoms with Gasteiger partial charge in [-0.3, -0.25) is 14.4 Å². The number of carboxylic acids is 1. The molecule has 0 rings (SSSR count). The Balaban J connectivity index is -0.000000500. The van der Waals surface area contributed by atoms with Crippen LogP contribution in [0.2, 0.25) is 0 Å². The van der Waals surface area contributed by atoms with Crippen LogP contribution in [0.15, 0.2) is 0 Å². The zero-order valence-corrected chi connectivity index (χ0v) is 21.5. The van der Waals surface area contributed by atoms with E-state index in [2.05, 4.69) is 6.92 Å². The number of esters is 2. The maximum Gasteiger partial charge on any atom is 0.305 e. The lowest BCUT2D eigenvalue weighted by atomic mass is 10.1. The van der Waals surface area contributed by atoms with Crippen molar-refractivity contribution in [3.8, 4) is 0 Å². The van der Waals surface area contributed by atoms with Crippen LogP contribution in [-0.4, -0.2) is 59.2 Å². The molecule has 0 bridgehead atoms. The number of aliphatic hydroxyl groups excluding tert-OH is 2. The zero-order chi connectivity index (χ0) is 25.7. The molecule has 33 heavy (non-hydrogen) atoms. The molecule has 0 aromatic heterocycles. The number of hydrogen-bond acceptors (Lipinski definition) is 7. The Bertz CT molecular complexity index is 414. The van der Waals surface area contributed by atoms with E-state index in [1.807, 2.05) is 13.8 Å². The van der Waals surface area contributed by atoms with Gasteiger partial charge in [-0.1, -0.05) is 58.3 Å². The summed E-state index contributed by atoms with van der Waals surface area (Å²) in [6.45, 7) is 8.11. The second-order valence-electron chi connectivity index (χ2n) is 7.82. The van der Waals surface area contributed by atoms with Crippen LogP contribution in [0.4, 0.5) is 0 Å². The summed E-state index contributed by atoms with van der Waals surface area (Å²) >= 11 is 0. The van der Waals surface area contributed by atoms with E-state index in [9.17, 15) is 14.4 Å². The first-order chi connectivity index (χ1) is 15.7. The standard InChI is InChI=1S/C14H26O4.C8H16O2.C3H8O2/c1-3-17-13(15)11-9-7-5-6-8-10-12-14(16)18-4-2;1-2-3-4-5-6-7-8(9)10;1-3(5)2-4/h3-12H2,1-2H3;2-7H2,1H3,(H,9,10);3-5H,2H2,1H3. The van der Waals surface area contributed by atoms with Gasteiger partial charge < -0.3 is 24.8 Å². The molecule has 0 aromatic rings. The van der Waals surface area contributed by atoms with Crippen LogP contribution in [0.1, 0.15) is 118 Å². The van der Waals surface area contributed by atoms with Crippen molar-refractivity contribution in [2.45, 2.75) is 124 Å². The average molecular weight is 479 g/mol. The second-order valence-corrected chi connectivity index (χ2v) is 7.82. The van der Waals surface area contributed by atoms with Crippen molar-refractivity contribution in [1.82, 2.24) is 0 Å². The van der Waals surface area contributed by atoms with Gasteiger partial charge in [0.25, 0.3) is 0 Å². The Hall–Kier alpha value is -1.67. The van der Waals surface area contributed by atoms with Gasteiger partial charge in [-0.2, -0.15) is 0 Å². The van der Waals surface area contributed by atoms with Crippen molar-refractivity contribution in [2.75, 3.05) is 19.8 Å². The van der Waals surface area contributed by atoms with Crippen molar-refractivity contribution in [3.05, 3.63) is 0 Å². The van der Waals surface area contributed by atoms with Gasteiger partial charge in [-0.25, -0.2) is 0 Å². The Morgan fingerprint density at radius 2 is 1.00 bits per heavy atom. The normalized spacial score (nSPS) is 10.7. The van der Waals surface area contributed by atoms with Gasteiger partial charge >= 0.3 is 17.9 Å². The first-order valence-corrected chi connectivity index (χ1v) is 12.6. The summed E-state index contributed by atoms with van der Waals surface area (Å²) < 4.78 is 9.69. The molecule has 0 saturated heterocycles. The lowest BCUT2D eigenvalue weighted by Crippen LogP contribution is -2.03. The van der Waals surface area contributed by atoms with E-state index >= 15 is 0 Å². The third-order valence-electron chi connectivity index (χ3n) is 4.38. The van der Waals surface area contributed by atoms with Crippen LogP contribution in [0.5, 0.6) is 0 Å². The van der Waals surface area contributed by atoms with Crippen molar-refractivity contribution in [3.63, 3.8) is 0 Å². The van der Waals surface area contributed by atoms with Crippen LogP contribution in [-0.2, 0) is 23.9 Å². The molecule has 0 heterocycles. The fourth-order valence-corrected chi connectivity index (χ4v) is 2.59. The highest BCUT2D eigenvalue weighted by molar-refractivity contribution is 5.69. The zero-order valence-electron chi connectivity index (χ0n) is 21.5. The van der Waals surface area contributed by atoms with E-state index in [0.717, 1.165) is 51.4 Å². The Morgan fingerprint density at radius 1 is 0.667 bits per heavy atom. The quantitative estimate of drug-likeness (QED) is 0.185. The maximum atomic E-state index is 11.0. The molecule has 1 atom stereocenters. The summed E-state index contributed by atoms with van der Waals surface area (Å²) in [7, 11) is 0. The van der Waals surface area contributed by atoms with Crippen LogP contribution < -0.4 is 0 Å². The van der Waals surface area contributed by atoms with Crippen LogP contribution >= 0.6 is 0 Å². The fourth-order valence-electron chi connectivity index (χ4n) is 2.59. The summed E-state index contributed by atoms with van der Waals surface area (Å²) in [6, 6.07) is 0. The Kier molecular flexibility index (Phi) is 33.0. The molecule has 0 aliphatic rings. The number of ether oxygens (including phenoxy) is 2. The van der Waals surface area contributed by atoms with Crippen LogP contribution in [0, 0.1) is 0 Å². The SMILES string of the molecule is CC(O)CO.CCCCCCCC(=O)O.CCOC(=O)CCCCCCCCC(=O)OCC. The monoisotopic (exact) mass is 478 g/mol. The molecule has 8 heteroatoms. The fraction of sp³-hybridized carbons (Fsp3) is 0.880. The molecule has 0 aliphatic carbocycles. The molecule has 0 amide bonds. The predicted molar refractivity (Wildman–Crippen MR) is 130 cm³/mol. The second kappa shape index (κ2) is 30.3. The van der Waals surface area contributed by atoms with Gasteiger partial charge in [-0.15, -0.1) is 0 Å².